The minimum Gasteiger partial charge on any atom is -0.0925 e. The van der Waals surface area contributed by atoms with Crippen LogP contribution < -0.4 is 0 Å². The third kappa shape index (κ3) is 2.29. The molecule has 1 aliphatic carbocycles. The average molecular weight is 191 g/mol. The number of rotatable bonds is 4. The predicted octanol–water partition coefficient (Wildman–Crippen LogP) is 3.21. The van der Waals surface area contributed by atoms with E-state index in [-0.39, 0.29) is 0 Å². The van der Waals surface area contributed by atoms with Gasteiger partial charge in [0.25, 0.3) is 0 Å². The van der Waals surface area contributed by atoms with E-state index in [1.165, 1.54) is 31.0 Å². The molecule has 0 aromatic rings. The second kappa shape index (κ2) is 3.60. The molecule has 1 atom stereocenters. The van der Waals surface area contributed by atoms with Crippen LogP contribution in [0.1, 0.15) is 32.6 Å². The minimum absolute atomic E-state index is 0.995. The van der Waals surface area contributed by atoms with Crippen molar-refractivity contribution in [3.8, 4) is 0 Å². The van der Waals surface area contributed by atoms with Crippen LogP contribution in [0.4, 0.5) is 0 Å². The first kappa shape index (κ1) is 7.59. The lowest BCUT2D eigenvalue weighted by atomic mass is 10.0. The molecule has 9 heavy (non-hydrogen) atoms. The first-order chi connectivity index (χ1) is 4.38. The fourth-order valence-corrected chi connectivity index (χ4v) is 2.23. The fraction of sp³-hybridized carbons (Fsp3) is 1.00. The van der Waals surface area contributed by atoms with Crippen molar-refractivity contribution in [2.45, 2.75) is 32.6 Å². The second-order valence-electron chi connectivity index (χ2n) is 3.04. The topological polar surface area (TPSA) is 0 Å². The fourth-order valence-electron chi connectivity index (χ4n) is 1.38. The van der Waals surface area contributed by atoms with Crippen LogP contribution in [0.3, 0.4) is 0 Å². The highest BCUT2D eigenvalue weighted by atomic mass is 79.9. The van der Waals surface area contributed by atoms with E-state index < -0.39 is 0 Å². The molecule has 0 bridgehead atoms. The predicted molar refractivity (Wildman–Crippen MR) is 44.9 cm³/mol. The zero-order chi connectivity index (χ0) is 6.69. The van der Waals surface area contributed by atoms with Crippen molar-refractivity contribution < 1.29 is 0 Å². The first-order valence-electron chi connectivity index (χ1n) is 3.94. The van der Waals surface area contributed by atoms with Gasteiger partial charge in [-0.05, 0) is 31.1 Å². The van der Waals surface area contributed by atoms with Gasteiger partial charge in [0.1, 0.15) is 0 Å². The molecule has 0 radical (unpaired) electrons. The standard InChI is InChI=1S/C8H15Br/c1-2-3-8(6-9)7-4-5-7/h7-8H,2-6H2,1H3. The number of hydrogen-bond donors (Lipinski definition) is 0. The molecule has 0 amide bonds. The molecule has 1 saturated carbocycles. The number of alkyl halides is 1. The summed E-state index contributed by atoms with van der Waals surface area (Å²) in [4.78, 5) is 0. The molecule has 1 unspecified atom stereocenters. The van der Waals surface area contributed by atoms with Gasteiger partial charge < -0.3 is 0 Å². The summed E-state index contributed by atoms with van der Waals surface area (Å²) in [6.45, 7) is 2.28. The molecule has 54 valence electrons. The lowest BCUT2D eigenvalue weighted by molar-refractivity contribution is 0.475. The van der Waals surface area contributed by atoms with E-state index in [1.54, 1.807) is 0 Å². The van der Waals surface area contributed by atoms with Gasteiger partial charge in [0.2, 0.25) is 0 Å². The smallest absolute Gasteiger partial charge is 0.00623 e. The van der Waals surface area contributed by atoms with Crippen molar-refractivity contribution in [1.29, 1.82) is 0 Å². The van der Waals surface area contributed by atoms with Crippen LogP contribution in [-0.2, 0) is 0 Å². The Kier molecular flexibility index (Phi) is 3.03. The van der Waals surface area contributed by atoms with Crippen molar-refractivity contribution in [2.75, 3.05) is 5.33 Å². The zero-order valence-corrected chi connectivity index (χ0v) is 7.65. The summed E-state index contributed by atoms with van der Waals surface area (Å²) in [5, 5.41) is 1.23. The average Bonchev–Trinajstić information content (AvgIpc) is 2.64. The Morgan fingerprint density at radius 1 is 1.56 bits per heavy atom. The van der Waals surface area contributed by atoms with E-state index in [9.17, 15) is 0 Å². The van der Waals surface area contributed by atoms with E-state index in [0.717, 1.165) is 11.8 Å². The van der Waals surface area contributed by atoms with Crippen LogP contribution in [0.15, 0.2) is 0 Å². The molecule has 1 aliphatic rings. The molecular weight excluding hydrogens is 176 g/mol. The van der Waals surface area contributed by atoms with Crippen molar-refractivity contribution in [2.24, 2.45) is 11.8 Å². The van der Waals surface area contributed by atoms with E-state index in [2.05, 4.69) is 22.9 Å². The Labute approximate surface area is 66.2 Å². The van der Waals surface area contributed by atoms with E-state index in [0.29, 0.717) is 0 Å². The van der Waals surface area contributed by atoms with Crippen molar-refractivity contribution in [3.63, 3.8) is 0 Å². The lowest BCUT2D eigenvalue weighted by Gasteiger charge is -2.09. The van der Waals surface area contributed by atoms with Crippen molar-refractivity contribution in [1.82, 2.24) is 0 Å². The van der Waals surface area contributed by atoms with Gasteiger partial charge in [0.05, 0.1) is 0 Å². The van der Waals surface area contributed by atoms with Crippen molar-refractivity contribution in [3.05, 3.63) is 0 Å². The molecule has 1 rings (SSSR count). The van der Waals surface area contributed by atoms with Crippen LogP contribution in [0.2, 0.25) is 0 Å². The van der Waals surface area contributed by atoms with Gasteiger partial charge in [0.15, 0.2) is 0 Å². The molecule has 0 heterocycles. The Morgan fingerprint density at radius 3 is 2.56 bits per heavy atom. The van der Waals surface area contributed by atoms with Crippen LogP contribution in [0, 0.1) is 11.8 Å². The summed E-state index contributed by atoms with van der Waals surface area (Å²) in [7, 11) is 0. The summed E-state index contributed by atoms with van der Waals surface area (Å²) in [5.41, 5.74) is 0. The van der Waals surface area contributed by atoms with Crippen LogP contribution in [0.5, 0.6) is 0 Å². The summed E-state index contributed by atoms with van der Waals surface area (Å²) in [6.07, 6.45) is 5.77. The van der Waals surface area contributed by atoms with E-state index >= 15 is 0 Å². The molecule has 0 aliphatic heterocycles. The maximum Gasteiger partial charge on any atom is 0.00623 e. The highest BCUT2D eigenvalue weighted by Gasteiger charge is 2.29. The van der Waals surface area contributed by atoms with Gasteiger partial charge in [0, 0.05) is 5.33 Å². The molecule has 0 nitrogen and oxygen atoms in total. The lowest BCUT2D eigenvalue weighted by Crippen LogP contribution is -2.02. The molecule has 1 fully saturated rings. The normalized spacial score (nSPS) is 22.0. The SMILES string of the molecule is CCCC(CBr)C1CC1. The maximum absolute atomic E-state index is 3.56. The maximum atomic E-state index is 3.56. The summed E-state index contributed by atoms with van der Waals surface area (Å²) in [6, 6.07) is 0. The molecule has 0 aromatic heterocycles. The Balaban J connectivity index is 2.12. The zero-order valence-electron chi connectivity index (χ0n) is 6.07. The largest absolute Gasteiger partial charge is 0.0925 e. The molecule has 0 saturated heterocycles. The highest BCUT2D eigenvalue weighted by molar-refractivity contribution is 9.09. The van der Waals surface area contributed by atoms with Gasteiger partial charge in [-0.1, -0.05) is 29.3 Å². The van der Waals surface area contributed by atoms with Gasteiger partial charge in [-0.2, -0.15) is 0 Å². The monoisotopic (exact) mass is 190 g/mol. The van der Waals surface area contributed by atoms with E-state index in [1.807, 2.05) is 0 Å². The third-order valence-electron chi connectivity index (χ3n) is 2.15. The number of halogens is 1. The minimum atomic E-state index is 0.995. The Morgan fingerprint density at radius 2 is 2.22 bits per heavy atom. The van der Waals surface area contributed by atoms with Gasteiger partial charge >= 0.3 is 0 Å². The molecular formula is C8H15Br. The van der Waals surface area contributed by atoms with Crippen LogP contribution in [-0.4, -0.2) is 5.33 Å². The molecule has 0 spiro atoms. The van der Waals surface area contributed by atoms with E-state index in [4.69, 9.17) is 0 Å². The first-order valence-corrected chi connectivity index (χ1v) is 5.06. The van der Waals surface area contributed by atoms with Gasteiger partial charge in [-0.15, -0.1) is 0 Å². The summed E-state index contributed by atoms with van der Waals surface area (Å²) < 4.78 is 0. The van der Waals surface area contributed by atoms with Crippen LogP contribution >= 0.6 is 15.9 Å². The Hall–Kier alpha value is 0.480. The van der Waals surface area contributed by atoms with Gasteiger partial charge in [-0.3, -0.25) is 0 Å². The molecule has 0 aromatic carbocycles. The third-order valence-corrected chi connectivity index (χ3v) is 2.98. The number of hydrogen-bond acceptors (Lipinski definition) is 0. The summed E-state index contributed by atoms with van der Waals surface area (Å²) in [5.74, 6) is 2.08. The highest BCUT2D eigenvalue weighted by Crippen LogP contribution is 2.39. The molecule has 1 heteroatoms. The van der Waals surface area contributed by atoms with Crippen molar-refractivity contribution >= 4 is 15.9 Å². The second-order valence-corrected chi connectivity index (χ2v) is 3.69. The quantitative estimate of drug-likeness (QED) is 0.598. The Bertz CT molecular complexity index is 76.6. The summed E-state index contributed by atoms with van der Waals surface area (Å²) >= 11 is 3.56. The molecule has 0 N–H and O–H groups in total. The van der Waals surface area contributed by atoms with Gasteiger partial charge in [-0.25, -0.2) is 0 Å². The van der Waals surface area contributed by atoms with Crippen LogP contribution in [0.25, 0.3) is 0 Å².